The van der Waals surface area contributed by atoms with Gasteiger partial charge in [0.25, 0.3) is 0 Å². The molecule has 3 aromatic carbocycles. The van der Waals surface area contributed by atoms with Crippen molar-refractivity contribution in [2.24, 2.45) is 0 Å². The van der Waals surface area contributed by atoms with Gasteiger partial charge in [-0.05, 0) is 59.3 Å². The van der Waals surface area contributed by atoms with Gasteiger partial charge in [-0.1, -0.05) is 41.9 Å². The number of hydrogen-bond acceptors (Lipinski definition) is 3. The molecule has 0 aliphatic carbocycles. The van der Waals surface area contributed by atoms with Gasteiger partial charge in [0.05, 0.1) is 0 Å². The summed E-state index contributed by atoms with van der Waals surface area (Å²) in [5.41, 5.74) is 0.842. The Hall–Kier alpha value is -3.04. The summed E-state index contributed by atoms with van der Waals surface area (Å²) in [5, 5.41) is 2.74. The second-order valence-corrected chi connectivity index (χ2v) is 6.01. The number of halogens is 1. The quantitative estimate of drug-likeness (QED) is 0.338. The third kappa shape index (κ3) is 3.28. The Morgan fingerprint density at radius 2 is 1.60 bits per heavy atom. The van der Waals surface area contributed by atoms with Gasteiger partial charge in [-0.3, -0.25) is 0 Å². The zero-order chi connectivity index (χ0) is 17.2. The molecule has 0 saturated heterocycles. The van der Waals surface area contributed by atoms with Gasteiger partial charge < -0.3 is 9.15 Å². The summed E-state index contributed by atoms with van der Waals surface area (Å²) in [5.74, 6) is 0.684. The monoisotopic (exact) mass is 348 g/mol. The molecule has 1 aromatic heterocycles. The molecule has 0 aliphatic rings. The van der Waals surface area contributed by atoms with E-state index in [0.29, 0.717) is 16.5 Å². The number of benzene rings is 3. The maximum atomic E-state index is 12.3. The van der Waals surface area contributed by atoms with Crippen LogP contribution in [0.25, 0.3) is 22.1 Å². The molecule has 4 rings (SSSR count). The van der Waals surface area contributed by atoms with Gasteiger partial charge in [-0.15, -0.1) is 0 Å². The van der Waals surface area contributed by atoms with Crippen LogP contribution in [0.2, 0.25) is 5.02 Å². The van der Waals surface area contributed by atoms with Gasteiger partial charge >= 0.3 is 5.97 Å². The van der Waals surface area contributed by atoms with E-state index in [4.69, 9.17) is 20.8 Å². The second kappa shape index (κ2) is 6.46. The van der Waals surface area contributed by atoms with Crippen LogP contribution >= 0.6 is 11.6 Å². The number of hydrogen-bond donors (Lipinski definition) is 0. The zero-order valence-electron chi connectivity index (χ0n) is 13.1. The molecule has 0 N–H and O–H groups in total. The van der Waals surface area contributed by atoms with Crippen molar-refractivity contribution < 1.29 is 13.9 Å². The highest BCUT2D eigenvalue weighted by atomic mass is 35.5. The largest absolute Gasteiger partial charge is 0.449 e. The topological polar surface area (TPSA) is 39.4 Å². The van der Waals surface area contributed by atoms with Crippen molar-refractivity contribution in [3.8, 4) is 17.1 Å². The minimum atomic E-state index is -0.532. The Bertz CT molecular complexity index is 1050. The molecule has 0 bridgehead atoms. The molecule has 0 saturated carbocycles. The van der Waals surface area contributed by atoms with Gasteiger partial charge in [0.2, 0.25) is 5.76 Å². The molecule has 4 heteroatoms. The molecule has 3 nitrogen and oxygen atoms in total. The first-order chi connectivity index (χ1) is 12.2. The lowest BCUT2D eigenvalue weighted by atomic mass is 10.1. The highest BCUT2D eigenvalue weighted by Gasteiger charge is 2.15. The van der Waals surface area contributed by atoms with Crippen molar-refractivity contribution in [1.82, 2.24) is 0 Å². The van der Waals surface area contributed by atoms with E-state index < -0.39 is 5.97 Å². The maximum Gasteiger partial charge on any atom is 0.379 e. The molecule has 0 radical (unpaired) electrons. The molecule has 0 spiro atoms. The van der Waals surface area contributed by atoms with Gasteiger partial charge in [0, 0.05) is 10.6 Å². The minimum Gasteiger partial charge on any atom is -0.449 e. The van der Waals surface area contributed by atoms with Gasteiger partial charge in [-0.2, -0.15) is 0 Å². The van der Waals surface area contributed by atoms with Crippen LogP contribution in [-0.4, -0.2) is 5.97 Å². The highest BCUT2D eigenvalue weighted by Crippen LogP contribution is 2.25. The van der Waals surface area contributed by atoms with Crippen LogP contribution in [0.1, 0.15) is 10.6 Å². The summed E-state index contributed by atoms with van der Waals surface area (Å²) < 4.78 is 11.0. The highest BCUT2D eigenvalue weighted by molar-refractivity contribution is 6.30. The first-order valence-corrected chi connectivity index (χ1v) is 8.14. The zero-order valence-corrected chi connectivity index (χ0v) is 13.9. The maximum absolute atomic E-state index is 12.3. The Balaban J connectivity index is 1.55. The van der Waals surface area contributed by atoms with Crippen LogP contribution in [0.4, 0.5) is 0 Å². The summed E-state index contributed by atoms with van der Waals surface area (Å²) in [6.45, 7) is 0. The molecule has 4 aromatic rings. The Morgan fingerprint density at radius 3 is 2.40 bits per heavy atom. The molecular weight excluding hydrogens is 336 g/mol. The average Bonchev–Trinajstić information content (AvgIpc) is 3.12. The van der Waals surface area contributed by atoms with Gasteiger partial charge in [0.15, 0.2) is 0 Å². The van der Waals surface area contributed by atoms with E-state index in [1.807, 2.05) is 48.5 Å². The molecule has 0 amide bonds. The van der Waals surface area contributed by atoms with Crippen molar-refractivity contribution in [3.05, 3.63) is 89.6 Å². The molecule has 25 heavy (non-hydrogen) atoms. The van der Waals surface area contributed by atoms with Crippen molar-refractivity contribution >= 4 is 28.3 Å². The van der Waals surface area contributed by atoms with Crippen molar-refractivity contribution in [3.63, 3.8) is 0 Å². The first-order valence-electron chi connectivity index (χ1n) is 7.76. The van der Waals surface area contributed by atoms with Crippen LogP contribution in [0.5, 0.6) is 5.75 Å². The molecule has 1 heterocycles. The van der Waals surface area contributed by atoms with E-state index in [-0.39, 0.29) is 5.76 Å². The van der Waals surface area contributed by atoms with E-state index in [9.17, 15) is 4.79 Å². The summed E-state index contributed by atoms with van der Waals surface area (Å²) in [6.07, 6.45) is 0. The second-order valence-electron chi connectivity index (χ2n) is 5.57. The van der Waals surface area contributed by atoms with Gasteiger partial charge in [0.1, 0.15) is 11.5 Å². The molecule has 0 aliphatic heterocycles. The lowest BCUT2D eigenvalue weighted by molar-refractivity contribution is 0.0702. The fourth-order valence-corrected chi connectivity index (χ4v) is 2.73. The van der Waals surface area contributed by atoms with Crippen LogP contribution in [0.15, 0.2) is 83.3 Å². The fraction of sp³-hybridized carbons (Fsp3) is 0. The standard InChI is InChI=1S/C21H13ClO3/c22-17-8-5-15(6-9-17)19-11-12-20(25-19)21(23)24-18-10-7-14-3-1-2-4-16(14)13-18/h1-13H. The smallest absolute Gasteiger partial charge is 0.379 e. The first kappa shape index (κ1) is 15.5. The SMILES string of the molecule is O=C(Oc1ccc2ccccc2c1)c1ccc(-c2ccc(Cl)cc2)o1. The third-order valence-corrected chi connectivity index (χ3v) is 4.12. The van der Waals surface area contributed by atoms with Crippen LogP contribution < -0.4 is 4.74 Å². The number of carbonyl (C=O) groups is 1. The molecule has 0 fully saturated rings. The van der Waals surface area contributed by atoms with Crippen LogP contribution in [0.3, 0.4) is 0 Å². The predicted octanol–water partition coefficient (Wildman–Crippen LogP) is 5.97. The summed E-state index contributed by atoms with van der Waals surface area (Å²) in [6, 6.07) is 23.9. The molecular formula is C21H13ClO3. The minimum absolute atomic E-state index is 0.151. The number of carbonyl (C=O) groups excluding carboxylic acids is 1. The third-order valence-electron chi connectivity index (χ3n) is 3.87. The van der Waals surface area contributed by atoms with E-state index in [2.05, 4.69) is 0 Å². The van der Waals surface area contributed by atoms with E-state index in [0.717, 1.165) is 16.3 Å². The predicted molar refractivity (Wildman–Crippen MR) is 98.1 cm³/mol. The Morgan fingerprint density at radius 1 is 0.840 bits per heavy atom. The van der Waals surface area contributed by atoms with Crippen LogP contribution in [-0.2, 0) is 0 Å². The summed E-state index contributed by atoms with van der Waals surface area (Å²) >= 11 is 5.88. The number of fused-ring (bicyclic) bond motifs is 1. The van der Waals surface area contributed by atoms with Crippen molar-refractivity contribution in [2.45, 2.75) is 0 Å². The van der Waals surface area contributed by atoms with Gasteiger partial charge in [-0.25, -0.2) is 4.79 Å². The fourth-order valence-electron chi connectivity index (χ4n) is 2.61. The van der Waals surface area contributed by atoms with Crippen molar-refractivity contribution in [2.75, 3.05) is 0 Å². The van der Waals surface area contributed by atoms with E-state index in [1.165, 1.54) is 0 Å². The normalized spacial score (nSPS) is 10.8. The van der Waals surface area contributed by atoms with Crippen molar-refractivity contribution in [1.29, 1.82) is 0 Å². The summed E-state index contributed by atoms with van der Waals surface area (Å²) in [7, 11) is 0. The lowest BCUT2D eigenvalue weighted by Crippen LogP contribution is -2.07. The lowest BCUT2D eigenvalue weighted by Gasteiger charge is -2.04. The Labute approximate surface area is 149 Å². The Kier molecular flexibility index (Phi) is 4.00. The number of ether oxygens (including phenoxy) is 1. The van der Waals surface area contributed by atoms with E-state index >= 15 is 0 Å². The summed E-state index contributed by atoms with van der Waals surface area (Å²) in [4.78, 5) is 12.3. The average molecular weight is 349 g/mol. The molecule has 0 unspecified atom stereocenters. The molecule has 0 atom stereocenters. The number of furan rings is 1. The molecule has 122 valence electrons. The van der Waals surface area contributed by atoms with E-state index in [1.54, 1.807) is 30.3 Å². The number of rotatable bonds is 3. The number of esters is 1. The van der Waals surface area contributed by atoms with Crippen LogP contribution in [0, 0.1) is 0 Å².